The summed E-state index contributed by atoms with van der Waals surface area (Å²) in [5, 5.41) is 10.6. The molecule has 0 bridgehead atoms. The Balaban J connectivity index is 1.78. The number of aryl methyl sites for hydroxylation is 1. The molecule has 1 amide bonds. The molecule has 108 valence electrons. The summed E-state index contributed by atoms with van der Waals surface area (Å²) in [7, 11) is 0. The van der Waals surface area contributed by atoms with Crippen molar-refractivity contribution in [1.82, 2.24) is 25.2 Å². The van der Waals surface area contributed by atoms with Crippen LogP contribution in [0, 0.1) is 0 Å². The maximum atomic E-state index is 11.9. The van der Waals surface area contributed by atoms with Crippen molar-refractivity contribution in [3.8, 4) is 0 Å². The Kier molecular flexibility index (Phi) is 4.16. The molecule has 0 aliphatic rings. The summed E-state index contributed by atoms with van der Waals surface area (Å²) >= 11 is 0. The van der Waals surface area contributed by atoms with Crippen LogP contribution >= 0.6 is 0 Å². The van der Waals surface area contributed by atoms with Gasteiger partial charge in [0.05, 0.1) is 0 Å². The number of carbonyl (C=O) groups is 1. The molecule has 0 radical (unpaired) electrons. The van der Waals surface area contributed by atoms with E-state index in [-0.39, 0.29) is 11.3 Å². The van der Waals surface area contributed by atoms with Gasteiger partial charge in [0.15, 0.2) is 5.69 Å². The van der Waals surface area contributed by atoms with E-state index in [0.29, 0.717) is 24.5 Å². The minimum atomic E-state index is -0.220. The van der Waals surface area contributed by atoms with Crippen LogP contribution in [-0.2, 0) is 12.0 Å². The maximum absolute atomic E-state index is 11.9. The molecule has 0 unspecified atom stereocenters. The van der Waals surface area contributed by atoms with Crippen molar-refractivity contribution in [3.63, 3.8) is 0 Å². The summed E-state index contributed by atoms with van der Waals surface area (Å²) in [5.41, 5.74) is 0.161. The lowest BCUT2D eigenvalue weighted by molar-refractivity contribution is 0.0943. The van der Waals surface area contributed by atoms with Gasteiger partial charge in [-0.2, -0.15) is 5.10 Å². The van der Waals surface area contributed by atoms with Crippen molar-refractivity contribution in [3.05, 3.63) is 30.2 Å². The van der Waals surface area contributed by atoms with E-state index in [1.807, 2.05) is 20.8 Å². The minimum Gasteiger partial charge on any atom is -0.360 e. The average Bonchev–Trinajstić information content (AvgIpc) is 3.04. The second-order valence-corrected chi connectivity index (χ2v) is 5.59. The number of hydrogen-bond acceptors (Lipinski definition) is 5. The lowest BCUT2D eigenvalue weighted by Gasteiger charge is -2.12. The van der Waals surface area contributed by atoms with Crippen molar-refractivity contribution < 1.29 is 9.32 Å². The summed E-state index contributed by atoms with van der Waals surface area (Å²) < 4.78 is 6.90. The van der Waals surface area contributed by atoms with E-state index in [4.69, 9.17) is 4.52 Å². The van der Waals surface area contributed by atoms with Gasteiger partial charge in [-0.25, -0.2) is 4.98 Å². The molecule has 2 rings (SSSR count). The second kappa shape index (κ2) is 5.85. The van der Waals surface area contributed by atoms with Crippen LogP contribution in [-0.4, -0.2) is 32.4 Å². The summed E-state index contributed by atoms with van der Waals surface area (Å²) in [6, 6.07) is 1.69. The summed E-state index contributed by atoms with van der Waals surface area (Å²) in [4.78, 5) is 15.7. The van der Waals surface area contributed by atoms with Gasteiger partial charge in [-0.3, -0.25) is 9.48 Å². The Hall–Kier alpha value is -2.18. The summed E-state index contributed by atoms with van der Waals surface area (Å²) in [6.07, 6.45) is 3.91. The molecule has 7 nitrogen and oxygen atoms in total. The van der Waals surface area contributed by atoms with Crippen molar-refractivity contribution in [2.45, 2.75) is 39.2 Å². The number of amides is 1. The molecule has 0 fully saturated rings. The lowest BCUT2D eigenvalue weighted by atomic mass is 9.93. The van der Waals surface area contributed by atoms with Crippen LogP contribution in [0.4, 0.5) is 0 Å². The van der Waals surface area contributed by atoms with Gasteiger partial charge in [0, 0.05) is 24.6 Å². The molecule has 20 heavy (non-hydrogen) atoms. The van der Waals surface area contributed by atoms with Gasteiger partial charge in [-0.05, 0) is 6.42 Å². The Morgan fingerprint density at radius 2 is 2.25 bits per heavy atom. The highest BCUT2D eigenvalue weighted by molar-refractivity contribution is 5.92. The van der Waals surface area contributed by atoms with Crippen LogP contribution in [0.15, 0.2) is 23.2 Å². The number of carbonyl (C=O) groups excluding carboxylic acids is 1. The molecule has 2 aromatic heterocycles. The first-order chi connectivity index (χ1) is 9.47. The fraction of sp³-hybridized carbons (Fsp3) is 0.538. The highest BCUT2D eigenvalue weighted by Gasteiger charge is 2.21. The Morgan fingerprint density at radius 3 is 2.85 bits per heavy atom. The third kappa shape index (κ3) is 3.66. The largest absolute Gasteiger partial charge is 0.360 e. The Labute approximate surface area is 117 Å². The molecule has 2 heterocycles. The molecule has 0 aliphatic carbocycles. The second-order valence-electron chi connectivity index (χ2n) is 5.59. The summed E-state index contributed by atoms with van der Waals surface area (Å²) in [5.74, 6) is 0.480. The van der Waals surface area contributed by atoms with Crippen LogP contribution in [0.3, 0.4) is 0 Å². The average molecular weight is 277 g/mol. The quantitative estimate of drug-likeness (QED) is 0.834. The maximum Gasteiger partial charge on any atom is 0.273 e. The van der Waals surface area contributed by atoms with E-state index >= 15 is 0 Å². The van der Waals surface area contributed by atoms with Gasteiger partial charge < -0.3 is 9.84 Å². The third-order valence-corrected chi connectivity index (χ3v) is 2.80. The Bertz CT molecular complexity index is 554. The third-order valence-electron chi connectivity index (χ3n) is 2.80. The Morgan fingerprint density at radius 1 is 1.45 bits per heavy atom. The van der Waals surface area contributed by atoms with Gasteiger partial charge in [0.2, 0.25) is 0 Å². The molecule has 0 saturated carbocycles. The number of hydrogen-bond donors (Lipinski definition) is 1. The predicted molar refractivity (Wildman–Crippen MR) is 72.2 cm³/mol. The highest BCUT2D eigenvalue weighted by atomic mass is 16.5. The number of nitrogens with zero attached hydrogens (tertiary/aromatic N) is 4. The number of nitrogens with one attached hydrogen (secondary N) is 1. The zero-order valence-electron chi connectivity index (χ0n) is 12.0. The topological polar surface area (TPSA) is 85.8 Å². The van der Waals surface area contributed by atoms with Crippen molar-refractivity contribution in [2.75, 3.05) is 6.54 Å². The van der Waals surface area contributed by atoms with E-state index in [1.54, 1.807) is 17.1 Å². The fourth-order valence-corrected chi connectivity index (χ4v) is 1.62. The van der Waals surface area contributed by atoms with E-state index < -0.39 is 0 Å². The molecular formula is C13H19N5O2. The normalized spacial score (nSPS) is 11.6. The van der Waals surface area contributed by atoms with Crippen LogP contribution < -0.4 is 5.32 Å². The van der Waals surface area contributed by atoms with Gasteiger partial charge in [-0.1, -0.05) is 25.9 Å². The molecule has 0 aliphatic heterocycles. The van der Waals surface area contributed by atoms with Crippen LogP contribution in [0.25, 0.3) is 0 Å². The first kappa shape index (κ1) is 14.2. The molecule has 7 heteroatoms. The molecule has 1 N–H and O–H groups in total. The number of rotatable bonds is 5. The first-order valence-electron chi connectivity index (χ1n) is 6.54. The molecule has 0 saturated heterocycles. The molecule has 0 aromatic carbocycles. The smallest absolute Gasteiger partial charge is 0.273 e. The molecular weight excluding hydrogens is 258 g/mol. The zero-order chi connectivity index (χ0) is 14.6. The zero-order valence-corrected chi connectivity index (χ0v) is 12.0. The van der Waals surface area contributed by atoms with E-state index in [1.165, 1.54) is 6.33 Å². The fourth-order valence-electron chi connectivity index (χ4n) is 1.62. The predicted octanol–water partition coefficient (Wildman–Crippen LogP) is 1.38. The van der Waals surface area contributed by atoms with E-state index in [0.717, 1.165) is 6.42 Å². The van der Waals surface area contributed by atoms with Gasteiger partial charge in [0.25, 0.3) is 5.91 Å². The van der Waals surface area contributed by atoms with Crippen molar-refractivity contribution in [2.24, 2.45) is 0 Å². The van der Waals surface area contributed by atoms with Crippen molar-refractivity contribution >= 4 is 5.91 Å². The summed E-state index contributed by atoms with van der Waals surface area (Å²) in [6.45, 7) is 7.29. The van der Waals surface area contributed by atoms with E-state index in [2.05, 4.69) is 20.6 Å². The molecule has 0 spiro atoms. The highest BCUT2D eigenvalue weighted by Crippen LogP contribution is 2.22. The van der Waals surface area contributed by atoms with Gasteiger partial charge >= 0.3 is 0 Å². The van der Waals surface area contributed by atoms with Crippen LogP contribution in [0.1, 0.15) is 43.4 Å². The minimum absolute atomic E-state index is 0.154. The molecule has 2 aromatic rings. The standard InChI is InChI=1S/C13H19N5O2/c1-13(2,3)11-7-10(17-20-11)12(19)15-5-4-6-18-9-14-8-16-18/h7-9H,4-6H2,1-3H3,(H,15,19). The van der Waals surface area contributed by atoms with Crippen LogP contribution in [0.5, 0.6) is 0 Å². The number of aromatic nitrogens is 4. The SMILES string of the molecule is CC(C)(C)c1cc(C(=O)NCCCn2cncn2)no1. The lowest BCUT2D eigenvalue weighted by Crippen LogP contribution is -2.25. The van der Waals surface area contributed by atoms with Crippen molar-refractivity contribution in [1.29, 1.82) is 0 Å². The van der Waals surface area contributed by atoms with Gasteiger partial charge in [0.1, 0.15) is 18.4 Å². The first-order valence-corrected chi connectivity index (χ1v) is 6.54. The molecule has 0 atom stereocenters. The monoisotopic (exact) mass is 277 g/mol. The van der Waals surface area contributed by atoms with Gasteiger partial charge in [-0.15, -0.1) is 0 Å². The van der Waals surface area contributed by atoms with Crippen LogP contribution in [0.2, 0.25) is 0 Å². The van der Waals surface area contributed by atoms with E-state index in [9.17, 15) is 4.79 Å².